The van der Waals surface area contributed by atoms with Crippen LogP contribution in [0.1, 0.15) is 26.7 Å². The first-order valence-corrected chi connectivity index (χ1v) is 15.0. The minimum atomic E-state index is -0.837. The summed E-state index contributed by atoms with van der Waals surface area (Å²) in [5, 5.41) is 16.8. The summed E-state index contributed by atoms with van der Waals surface area (Å²) in [6.07, 6.45) is 1.12. The predicted octanol–water partition coefficient (Wildman–Crippen LogP) is 4.79. The summed E-state index contributed by atoms with van der Waals surface area (Å²) in [6.45, 7) is 3.79. The number of thioether (sulfide) groups is 1. The summed E-state index contributed by atoms with van der Waals surface area (Å²) in [6, 6.07) is 14.6. The van der Waals surface area contributed by atoms with Crippen molar-refractivity contribution in [3.05, 3.63) is 59.6 Å². The average molecular weight is 621 g/mol. The zero-order valence-corrected chi connectivity index (χ0v) is 24.3. The second-order valence-electron chi connectivity index (χ2n) is 10.7. The number of nitrogens with one attached hydrogen (secondary N) is 2. The molecule has 0 saturated carbocycles. The van der Waals surface area contributed by atoms with Crippen LogP contribution < -0.4 is 10.6 Å². The van der Waals surface area contributed by atoms with E-state index in [0.29, 0.717) is 29.2 Å². The van der Waals surface area contributed by atoms with Gasteiger partial charge in [0, 0.05) is 26.5 Å². The number of amides is 3. The van der Waals surface area contributed by atoms with Crippen LogP contribution in [0.25, 0.3) is 0 Å². The van der Waals surface area contributed by atoms with Crippen molar-refractivity contribution in [2.45, 2.75) is 53.6 Å². The van der Waals surface area contributed by atoms with Crippen LogP contribution in [0.2, 0.25) is 5.02 Å². The third-order valence-electron chi connectivity index (χ3n) is 7.78. The SMILES string of the molecule is CC(C)C[C@H](CO)N1C(=O)[C@@H]2[C@@H](C(=O)Nc3ccccc3)[C@@H]3SC2(CC3Br)C1C(=O)Nc1ccc(Cl)cc1. The predicted molar refractivity (Wildman–Crippen MR) is 155 cm³/mol. The first kappa shape index (κ1) is 27.5. The Morgan fingerprint density at radius 3 is 2.37 bits per heavy atom. The number of likely N-dealkylation sites (tertiary alicyclic amines) is 1. The molecule has 2 bridgehead atoms. The third kappa shape index (κ3) is 4.76. The zero-order valence-electron chi connectivity index (χ0n) is 21.1. The van der Waals surface area contributed by atoms with Gasteiger partial charge < -0.3 is 20.6 Å². The summed E-state index contributed by atoms with van der Waals surface area (Å²) in [5.74, 6) is -1.85. The van der Waals surface area contributed by atoms with Gasteiger partial charge in [0.05, 0.1) is 29.2 Å². The Balaban J connectivity index is 1.53. The highest BCUT2D eigenvalue weighted by Crippen LogP contribution is 2.68. The quantitative estimate of drug-likeness (QED) is 0.369. The standard InChI is InChI=1S/C28H31BrClN3O4S/c1-15(2)12-19(14-34)33-24(26(36)32-18-10-8-16(30)9-11-18)28-13-20(29)23(38-28)21(22(28)27(33)37)25(35)31-17-6-4-3-5-7-17/h3-11,15,19-24,34H,12-14H2,1-2H3,(H,31,35)(H,32,36)/t19-,20?,21-,22+,23-,24?,28?/m1/s1. The van der Waals surface area contributed by atoms with E-state index in [0.717, 1.165) is 0 Å². The molecule has 0 radical (unpaired) electrons. The van der Waals surface area contributed by atoms with Crippen molar-refractivity contribution < 1.29 is 19.5 Å². The fourth-order valence-electron chi connectivity index (χ4n) is 6.37. The van der Waals surface area contributed by atoms with Gasteiger partial charge in [-0.3, -0.25) is 14.4 Å². The largest absolute Gasteiger partial charge is 0.394 e. The summed E-state index contributed by atoms with van der Waals surface area (Å²) in [7, 11) is 0. The van der Waals surface area contributed by atoms with Gasteiger partial charge in [0.15, 0.2) is 0 Å². The second-order valence-corrected chi connectivity index (χ2v) is 13.9. The van der Waals surface area contributed by atoms with Crippen LogP contribution in [0.4, 0.5) is 11.4 Å². The Morgan fingerprint density at radius 2 is 1.74 bits per heavy atom. The molecule has 3 aliphatic rings. The Kier molecular flexibility index (Phi) is 7.84. The van der Waals surface area contributed by atoms with E-state index in [1.165, 1.54) is 0 Å². The number of aliphatic hydroxyl groups is 1. The molecule has 0 aliphatic carbocycles. The van der Waals surface area contributed by atoms with Crippen molar-refractivity contribution in [2.24, 2.45) is 17.8 Å². The van der Waals surface area contributed by atoms with Crippen LogP contribution in [0, 0.1) is 17.8 Å². The van der Waals surface area contributed by atoms with E-state index in [2.05, 4.69) is 26.6 Å². The number of fused-ring (bicyclic) bond motifs is 1. The van der Waals surface area contributed by atoms with E-state index in [9.17, 15) is 19.5 Å². The molecule has 0 aromatic heterocycles. The second kappa shape index (κ2) is 10.8. The number of hydrogen-bond donors (Lipinski definition) is 3. The molecule has 7 atom stereocenters. The third-order valence-corrected chi connectivity index (χ3v) is 11.3. The minimum Gasteiger partial charge on any atom is -0.394 e. The molecule has 7 nitrogen and oxygen atoms in total. The molecule has 5 rings (SSSR count). The van der Waals surface area contributed by atoms with Gasteiger partial charge in [-0.25, -0.2) is 0 Å². The van der Waals surface area contributed by atoms with Crippen LogP contribution in [-0.2, 0) is 14.4 Å². The van der Waals surface area contributed by atoms with E-state index in [4.69, 9.17) is 11.6 Å². The number of halogens is 2. The zero-order chi connectivity index (χ0) is 27.2. The molecule has 202 valence electrons. The first-order chi connectivity index (χ1) is 18.2. The molecule has 1 spiro atoms. The topological polar surface area (TPSA) is 98.7 Å². The van der Waals surface area contributed by atoms with Crippen LogP contribution in [0.3, 0.4) is 0 Å². The number of aliphatic hydroxyl groups excluding tert-OH is 1. The van der Waals surface area contributed by atoms with Crippen molar-refractivity contribution in [3.63, 3.8) is 0 Å². The lowest BCUT2D eigenvalue weighted by Gasteiger charge is -2.37. The van der Waals surface area contributed by atoms with Gasteiger partial charge in [-0.05, 0) is 55.2 Å². The normalized spacial score (nSPS) is 30.4. The molecular weight excluding hydrogens is 590 g/mol. The molecule has 3 heterocycles. The van der Waals surface area contributed by atoms with E-state index >= 15 is 0 Å². The number of alkyl halides is 1. The average Bonchev–Trinajstić information content (AvgIpc) is 3.47. The molecule has 3 aliphatic heterocycles. The number of anilines is 2. The van der Waals surface area contributed by atoms with Crippen molar-refractivity contribution in [2.75, 3.05) is 17.2 Å². The lowest BCUT2D eigenvalue weighted by molar-refractivity contribution is -0.141. The highest BCUT2D eigenvalue weighted by Gasteiger charge is 2.76. The van der Waals surface area contributed by atoms with Crippen molar-refractivity contribution in [1.82, 2.24) is 4.90 Å². The van der Waals surface area contributed by atoms with Gasteiger partial charge in [0.2, 0.25) is 17.7 Å². The van der Waals surface area contributed by atoms with Gasteiger partial charge in [0.1, 0.15) is 6.04 Å². The first-order valence-electron chi connectivity index (χ1n) is 12.8. The van der Waals surface area contributed by atoms with Crippen LogP contribution in [-0.4, -0.2) is 61.2 Å². The van der Waals surface area contributed by atoms with Crippen LogP contribution in [0.5, 0.6) is 0 Å². The van der Waals surface area contributed by atoms with Crippen molar-refractivity contribution in [3.8, 4) is 0 Å². The lowest BCUT2D eigenvalue weighted by Crippen LogP contribution is -2.55. The van der Waals surface area contributed by atoms with E-state index in [1.54, 1.807) is 40.9 Å². The van der Waals surface area contributed by atoms with Crippen molar-refractivity contribution >= 4 is 68.4 Å². The summed E-state index contributed by atoms with van der Waals surface area (Å²) in [5.41, 5.74) is 1.24. The van der Waals surface area contributed by atoms with E-state index in [-0.39, 0.29) is 40.3 Å². The number of para-hydroxylation sites is 1. The van der Waals surface area contributed by atoms with Crippen molar-refractivity contribution in [1.29, 1.82) is 0 Å². The summed E-state index contributed by atoms with van der Waals surface area (Å²) >= 11 is 11.4. The van der Waals surface area contributed by atoms with Gasteiger partial charge >= 0.3 is 0 Å². The van der Waals surface area contributed by atoms with Gasteiger partial charge in [-0.1, -0.05) is 59.6 Å². The lowest BCUT2D eigenvalue weighted by atomic mass is 9.70. The Labute approximate surface area is 240 Å². The highest BCUT2D eigenvalue weighted by molar-refractivity contribution is 9.09. The number of hydrogen-bond acceptors (Lipinski definition) is 5. The number of rotatable bonds is 8. The number of carbonyl (C=O) groups excluding carboxylic acids is 3. The summed E-state index contributed by atoms with van der Waals surface area (Å²) in [4.78, 5) is 43.5. The molecule has 3 fully saturated rings. The molecule has 2 aromatic rings. The number of nitrogens with zero attached hydrogens (tertiary/aromatic N) is 1. The maximum atomic E-state index is 14.2. The van der Waals surface area contributed by atoms with Gasteiger partial charge in [-0.2, -0.15) is 0 Å². The fourth-order valence-corrected chi connectivity index (χ4v) is 10.1. The minimum absolute atomic E-state index is 0.0356. The maximum Gasteiger partial charge on any atom is 0.248 e. The molecule has 3 unspecified atom stereocenters. The molecule has 3 amide bonds. The van der Waals surface area contributed by atoms with Crippen LogP contribution >= 0.6 is 39.3 Å². The monoisotopic (exact) mass is 619 g/mol. The Hall–Kier alpha value is -2.07. The molecule has 3 N–H and O–H groups in total. The number of carbonyl (C=O) groups is 3. The maximum absolute atomic E-state index is 14.2. The fraction of sp³-hybridized carbons (Fsp3) is 0.464. The van der Waals surface area contributed by atoms with Gasteiger partial charge in [0.25, 0.3) is 0 Å². The molecule has 3 saturated heterocycles. The smallest absolute Gasteiger partial charge is 0.248 e. The highest BCUT2D eigenvalue weighted by atomic mass is 79.9. The van der Waals surface area contributed by atoms with Gasteiger partial charge in [-0.15, -0.1) is 11.8 Å². The van der Waals surface area contributed by atoms with E-state index < -0.39 is 28.7 Å². The van der Waals surface area contributed by atoms with Crippen LogP contribution in [0.15, 0.2) is 54.6 Å². The molecule has 2 aromatic carbocycles. The summed E-state index contributed by atoms with van der Waals surface area (Å²) < 4.78 is -0.796. The van der Waals surface area contributed by atoms with E-state index in [1.807, 2.05) is 44.2 Å². The molecule has 38 heavy (non-hydrogen) atoms. The number of benzene rings is 2. The Bertz CT molecular complexity index is 1220. The molecular formula is C28H31BrClN3O4S. The molecule has 10 heteroatoms. The Morgan fingerprint density at radius 1 is 1.11 bits per heavy atom.